The first-order valence-electron chi connectivity index (χ1n) is 4.05. The Morgan fingerprint density at radius 1 is 1.21 bits per heavy atom. The Hall–Kier alpha value is -0.490. The van der Waals surface area contributed by atoms with Crippen molar-refractivity contribution in [1.29, 1.82) is 0 Å². The summed E-state index contributed by atoms with van der Waals surface area (Å²) in [7, 11) is 3.33. The molecule has 2 nitrogen and oxygen atoms in total. The van der Waals surface area contributed by atoms with Crippen LogP contribution in [-0.2, 0) is 0 Å². The van der Waals surface area contributed by atoms with Gasteiger partial charge in [0.25, 0.3) is 0 Å². The Kier molecular flexibility index (Phi) is 2.83. The highest BCUT2D eigenvalue weighted by atomic mass is 127. The van der Waals surface area contributed by atoms with Gasteiger partial charge < -0.3 is 9.47 Å². The number of ether oxygens (including phenoxy) is 2. The molecule has 0 fully saturated rings. The molecule has 74 valence electrons. The van der Waals surface area contributed by atoms with E-state index >= 15 is 0 Å². The first-order chi connectivity index (χ1) is 6.77. The lowest BCUT2D eigenvalue weighted by atomic mass is 10.2. The van der Waals surface area contributed by atoms with Crippen LogP contribution in [0.1, 0.15) is 0 Å². The minimum Gasteiger partial charge on any atom is -0.493 e. The van der Waals surface area contributed by atoms with Gasteiger partial charge in [-0.25, -0.2) is 0 Å². The highest BCUT2D eigenvalue weighted by molar-refractivity contribution is 14.1. The zero-order valence-electron chi connectivity index (χ0n) is 7.83. The molecular weight excluding hydrogens is 311 g/mol. The number of halogens is 1. The largest absolute Gasteiger partial charge is 0.493 e. The molecular formula is C10H9IO2S. The number of methoxy groups -OCH3 is 2. The number of fused-ring (bicyclic) bond motifs is 1. The standard InChI is InChI=1S/C10H9IO2S/c1-12-8-4-3-6-7(11)5-14-10(6)9(8)13-2/h3-5H,1-2H3. The molecule has 0 saturated carbocycles. The van der Waals surface area contributed by atoms with E-state index in [9.17, 15) is 0 Å². The molecule has 0 aliphatic heterocycles. The molecule has 2 aromatic rings. The van der Waals surface area contributed by atoms with E-state index in [0.29, 0.717) is 0 Å². The van der Waals surface area contributed by atoms with E-state index in [2.05, 4.69) is 34.0 Å². The van der Waals surface area contributed by atoms with E-state index in [1.165, 1.54) is 8.96 Å². The van der Waals surface area contributed by atoms with Crippen LogP contribution in [0.5, 0.6) is 11.5 Å². The maximum absolute atomic E-state index is 5.34. The summed E-state index contributed by atoms with van der Waals surface area (Å²) < 4.78 is 13.0. The van der Waals surface area contributed by atoms with Crippen molar-refractivity contribution in [3.63, 3.8) is 0 Å². The average Bonchev–Trinajstić information content (AvgIpc) is 2.59. The summed E-state index contributed by atoms with van der Waals surface area (Å²) in [5.41, 5.74) is 0. The number of hydrogen-bond donors (Lipinski definition) is 0. The van der Waals surface area contributed by atoms with Gasteiger partial charge in [0.15, 0.2) is 11.5 Å². The Morgan fingerprint density at radius 2 is 2.00 bits per heavy atom. The summed E-state index contributed by atoms with van der Waals surface area (Å²) in [6.45, 7) is 0. The zero-order valence-corrected chi connectivity index (χ0v) is 10.8. The van der Waals surface area contributed by atoms with Gasteiger partial charge in [0.1, 0.15) is 0 Å². The van der Waals surface area contributed by atoms with Crippen LogP contribution in [0.25, 0.3) is 10.1 Å². The summed E-state index contributed by atoms with van der Waals surface area (Å²) >= 11 is 4.01. The van der Waals surface area contributed by atoms with Crippen LogP contribution in [-0.4, -0.2) is 14.2 Å². The fourth-order valence-electron chi connectivity index (χ4n) is 1.38. The molecule has 4 heteroatoms. The van der Waals surface area contributed by atoms with Gasteiger partial charge in [0, 0.05) is 14.3 Å². The summed E-state index contributed by atoms with van der Waals surface area (Å²) in [6, 6.07) is 4.00. The Bertz CT molecular complexity index is 464. The maximum atomic E-state index is 5.34. The maximum Gasteiger partial charge on any atom is 0.178 e. The fourth-order valence-corrected chi connectivity index (χ4v) is 3.34. The number of hydrogen-bond acceptors (Lipinski definition) is 3. The summed E-state index contributed by atoms with van der Waals surface area (Å²) in [6.07, 6.45) is 0. The van der Waals surface area contributed by atoms with Crippen molar-refractivity contribution in [1.82, 2.24) is 0 Å². The third-order valence-corrected chi connectivity index (χ3v) is 4.35. The zero-order chi connectivity index (χ0) is 10.1. The number of rotatable bonds is 2. The van der Waals surface area contributed by atoms with Crippen molar-refractivity contribution in [3.8, 4) is 11.5 Å². The summed E-state index contributed by atoms with van der Waals surface area (Å²) in [5.74, 6) is 1.62. The molecule has 0 saturated heterocycles. The van der Waals surface area contributed by atoms with Crippen molar-refractivity contribution >= 4 is 44.0 Å². The highest BCUT2D eigenvalue weighted by Crippen LogP contribution is 2.40. The van der Waals surface area contributed by atoms with Crippen LogP contribution < -0.4 is 9.47 Å². The predicted molar refractivity (Wildman–Crippen MR) is 67.6 cm³/mol. The van der Waals surface area contributed by atoms with E-state index in [4.69, 9.17) is 9.47 Å². The van der Waals surface area contributed by atoms with Gasteiger partial charge in [-0.1, -0.05) is 0 Å². The first-order valence-corrected chi connectivity index (χ1v) is 6.01. The second-order valence-corrected chi connectivity index (χ2v) is 4.80. The van der Waals surface area contributed by atoms with Crippen molar-refractivity contribution in [2.45, 2.75) is 0 Å². The smallest absolute Gasteiger partial charge is 0.178 e. The molecule has 0 N–H and O–H groups in total. The van der Waals surface area contributed by atoms with Gasteiger partial charge in [-0.3, -0.25) is 0 Å². The molecule has 0 amide bonds. The van der Waals surface area contributed by atoms with Crippen molar-refractivity contribution < 1.29 is 9.47 Å². The first kappa shape index (κ1) is 10.0. The van der Waals surface area contributed by atoms with Crippen molar-refractivity contribution in [2.24, 2.45) is 0 Å². The van der Waals surface area contributed by atoms with Gasteiger partial charge in [-0.15, -0.1) is 11.3 Å². The number of thiophene rings is 1. The third kappa shape index (κ3) is 1.46. The lowest BCUT2D eigenvalue weighted by molar-refractivity contribution is 0.359. The second-order valence-electron chi connectivity index (χ2n) is 2.76. The van der Waals surface area contributed by atoms with Crippen LogP contribution in [0.3, 0.4) is 0 Å². The fraction of sp³-hybridized carbons (Fsp3) is 0.200. The van der Waals surface area contributed by atoms with Crippen LogP contribution >= 0.6 is 33.9 Å². The normalized spacial score (nSPS) is 10.5. The van der Waals surface area contributed by atoms with Gasteiger partial charge >= 0.3 is 0 Å². The van der Waals surface area contributed by atoms with Gasteiger partial charge in [-0.05, 0) is 34.7 Å². The lowest BCUT2D eigenvalue weighted by Gasteiger charge is -2.07. The Morgan fingerprint density at radius 3 is 2.64 bits per heavy atom. The van der Waals surface area contributed by atoms with Crippen LogP contribution in [0, 0.1) is 3.57 Å². The predicted octanol–water partition coefficient (Wildman–Crippen LogP) is 3.52. The van der Waals surface area contributed by atoms with E-state index < -0.39 is 0 Å². The Balaban J connectivity index is 2.77. The Labute approximate surface area is 100.0 Å². The van der Waals surface area contributed by atoms with Crippen LogP contribution in [0.4, 0.5) is 0 Å². The van der Waals surface area contributed by atoms with E-state index in [0.717, 1.165) is 16.2 Å². The monoisotopic (exact) mass is 320 g/mol. The molecule has 0 bridgehead atoms. The van der Waals surface area contributed by atoms with Crippen LogP contribution in [0.15, 0.2) is 17.5 Å². The molecule has 1 heterocycles. The van der Waals surface area contributed by atoms with Crippen LogP contribution in [0.2, 0.25) is 0 Å². The quantitative estimate of drug-likeness (QED) is 0.788. The van der Waals surface area contributed by atoms with E-state index in [1.807, 2.05) is 6.07 Å². The van der Waals surface area contributed by atoms with E-state index in [-0.39, 0.29) is 0 Å². The van der Waals surface area contributed by atoms with Crippen molar-refractivity contribution in [2.75, 3.05) is 14.2 Å². The minimum absolute atomic E-state index is 0.790. The molecule has 0 aliphatic carbocycles. The molecule has 0 radical (unpaired) electrons. The average molecular weight is 320 g/mol. The molecule has 0 unspecified atom stereocenters. The molecule has 1 aromatic heterocycles. The molecule has 0 spiro atoms. The van der Waals surface area contributed by atoms with Gasteiger partial charge in [0.05, 0.1) is 18.9 Å². The molecule has 14 heavy (non-hydrogen) atoms. The summed E-state index contributed by atoms with van der Waals surface area (Å²) in [5, 5.41) is 3.35. The topological polar surface area (TPSA) is 18.5 Å². The third-order valence-electron chi connectivity index (χ3n) is 2.04. The highest BCUT2D eigenvalue weighted by Gasteiger charge is 2.11. The SMILES string of the molecule is COc1ccc2c(I)csc2c1OC. The van der Waals surface area contributed by atoms with E-state index in [1.54, 1.807) is 25.6 Å². The minimum atomic E-state index is 0.790. The molecule has 0 aliphatic rings. The van der Waals surface area contributed by atoms with Gasteiger partial charge in [-0.2, -0.15) is 0 Å². The lowest BCUT2D eigenvalue weighted by Crippen LogP contribution is -1.89. The molecule has 0 atom stereocenters. The number of benzene rings is 1. The second kappa shape index (κ2) is 3.94. The summed E-state index contributed by atoms with van der Waals surface area (Å²) in [4.78, 5) is 0. The molecule has 2 rings (SSSR count). The van der Waals surface area contributed by atoms with Gasteiger partial charge in [0.2, 0.25) is 0 Å². The molecule has 1 aromatic carbocycles. The van der Waals surface area contributed by atoms with Crippen molar-refractivity contribution in [3.05, 3.63) is 21.1 Å².